The van der Waals surface area contributed by atoms with Crippen LogP contribution in [-0.4, -0.2) is 17.8 Å². The number of thioether (sulfide) groups is 1. The third kappa shape index (κ3) is 4.78. The van der Waals surface area contributed by atoms with Crippen LogP contribution in [0.15, 0.2) is 39.4 Å². The molecule has 2 fully saturated rings. The molecular formula is C20H23BrO2S. The molecular weight excluding hydrogens is 384 g/mol. The lowest BCUT2D eigenvalue weighted by molar-refractivity contribution is -0.136. The molecule has 0 saturated heterocycles. The van der Waals surface area contributed by atoms with E-state index in [1.807, 2.05) is 30.8 Å². The van der Waals surface area contributed by atoms with E-state index >= 15 is 0 Å². The first kappa shape index (κ1) is 17.8. The third-order valence-corrected chi connectivity index (χ3v) is 6.71. The standard InChI is InChI=1S/C20H23BrO2S/c1-2-23-20(22)17(11-7-14-5-3-4-6-14)15-8-12-19(18(21)13-15)24-16-9-10-16/h7-8,12-14,16H,2-6,9-10H2,1H3. The van der Waals surface area contributed by atoms with Gasteiger partial charge in [0, 0.05) is 14.6 Å². The molecule has 0 heterocycles. The molecule has 0 aliphatic heterocycles. The van der Waals surface area contributed by atoms with Crippen molar-refractivity contribution in [2.75, 3.05) is 6.61 Å². The van der Waals surface area contributed by atoms with Gasteiger partial charge in [0.25, 0.3) is 0 Å². The summed E-state index contributed by atoms with van der Waals surface area (Å²) < 4.78 is 6.28. The van der Waals surface area contributed by atoms with Gasteiger partial charge < -0.3 is 4.74 Å². The molecule has 0 N–H and O–H groups in total. The van der Waals surface area contributed by atoms with Crippen LogP contribution in [0.5, 0.6) is 0 Å². The lowest BCUT2D eigenvalue weighted by atomic mass is 10.0. The topological polar surface area (TPSA) is 26.3 Å². The Bertz CT molecular complexity index is 666. The van der Waals surface area contributed by atoms with Gasteiger partial charge in [0.1, 0.15) is 5.57 Å². The SMILES string of the molecule is CCOC(=O)C(=C=CC1CCCC1)c1ccc(SC2CC2)c(Br)c1. The zero-order valence-corrected chi connectivity index (χ0v) is 16.4. The Morgan fingerprint density at radius 1 is 1.33 bits per heavy atom. The van der Waals surface area contributed by atoms with Crippen molar-refractivity contribution in [2.45, 2.75) is 55.6 Å². The van der Waals surface area contributed by atoms with E-state index in [-0.39, 0.29) is 5.97 Å². The lowest BCUT2D eigenvalue weighted by Gasteiger charge is -2.09. The van der Waals surface area contributed by atoms with Gasteiger partial charge in [-0.1, -0.05) is 18.9 Å². The van der Waals surface area contributed by atoms with Gasteiger partial charge in [0.15, 0.2) is 0 Å². The third-order valence-electron chi connectivity index (χ3n) is 4.38. The summed E-state index contributed by atoms with van der Waals surface area (Å²) in [7, 11) is 0. The minimum Gasteiger partial charge on any atom is -0.462 e. The summed E-state index contributed by atoms with van der Waals surface area (Å²) in [6, 6.07) is 6.13. The van der Waals surface area contributed by atoms with Crippen molar-refractivity contribution in [3.8, 4) is 0 Å². The maximum Gasteiger partial charge on any atom is 0.346 e. The molecule has 4 heteroatoms. The van der Waals surface area contributed by atoms with Crippen molar-refractivity contribution in [2.24, 2.45) is 5.92 Å². The van der Waals surface area contributed by atoms with Gasteiger partial charge >= 0.3 is 5.97 Å². The van der Waals surface area contributed by atoms with Crippen molar-refractivity contribution < 1.29 is 9.53 Å². The van der Waals surface area contributed by atoms with Crippen LogP contribution >= 0.6 is 27.7 Å². The molecule has 0 atom stereocenters. The molecule has 2 aliphatic carbocycles. The van der Waals surface area contributed by atoms with Gasteiger partial charge in [-0.15, -0.1) is 17.5 Å². The predicted molar refractivity (Wildman–Crippen MR) is 103 cm³/mol. The fourth-order valence-electron chi connectivity index (χ4n) is 2.91. The molecule has 2 saturated carbocycles. The molecule has 2 aliphatic rings. The Kier molecular flexibility index (Phi) is 6.26. The van der Waals surface area contributed by atoms with Crippen LogP contribution in [0, 0.1) is 5.92 Å². The maximum atomic E-state index is 12.4. The highest BCUT2D eigenvalue weighted by Crippen LogP contribution is 2.42. The first-order chi connectivity index (χ1) is 11.7. The second-order valence-electron chi connectivity index (χ2n) is 6.41. The number of benzene rings is 1. The fraction of sp³-hybridized carbons (Fsp3) is 0.500. The van der Waals surface area contributed by atoms with E-state index in [1.54, 1.807) is 0 Å². The first-order valence-corrected chi connectivity index (χ1v) is 10.4. The van der Waals surface area contributed by atoms with Crippen molar-refractivity contribution in [3.05, 3.63) is 40.0 Å². The van der Waals surface area contributed by atoms with E-state index < -0.39 is 0 Å². The second kappa shape index (κ2) is 8.42. The monoisotopic (exact) mass is 406 g/mol. The Labute approximate surface area is 156 Å². The van der Waals surface area contributed by atoms with Gasteiger partial charge in [-0.05, 0) is 78.2 Å². The predicted octanol–water partition coefficient (Wildman–Crippen LogP) is 6.00. The van der Waals surface area contributed by atoms with Crippen LogP contribution < -0.4 is 0 Å². The van der Waals surface area contributed by atoms with Crippen LogP contribution in [0.1, 0.15) is 51.0 Å². The molecule has 0 bridgehead atoms. The van der Waals surface area contributed by atoms with Crippen LogP contribution in [-0.2, 0) is 9.53 Å². The van der Waals surface area contributed by atoms with E-state index in [9.17, 15) is 4.79 Å². The van der Waals surface area contributed by atoms with Crippen molar-refractivity contribution in [1.82, 2.24) is 0 Å². The van der Waals surface area contributed by atoms with Gasteiger partial charge in [-0.2, -0.15) is 0 Å². The second-order valence-corrected chi connectivity index (χ2v) is 8.61. The largest absolute Gasteiger partial charge is 0.462 e. The zero-order valence-electron chi connectivity index (χ0n) is 14.0. The highest BCUT2D eigenvalue weighted by molar-refractivity contribution is 9.10. The Morgan fingerprint density at radius 2 is 2.08 bits per heavy atom. The molecule has 128 valence electrons. The summed E-state index contributed by atoms with van der Waals surface area (Å²) in [5.74, 6) is 0.254. The summed E-state index contributed by atoms with van der Waals surface area (Å²) in [4.78, 5) is 13.6. The molecule has 0 amide bonds. The van der Waals surface area contributed by atoms with Crippen molar-refractivity contribution in [3.63, 3.8) is 0 Å². The Balaban J connectivity index is 1.87. The average Bonchev–Trinajstić information content (AvgIpc) is 3.22. The van der Waals surface area contributed by atoms with E-state index in [0.717, 1.165) is 15.3 Å². The van der Waals surface area contributed by atoms with E-state index in [4.69, 9.17) is 4.74 Å². The van der Waals surface area contributed by atoms with Crippen LogP contribution in [0.2, 0.25) is 0 Å². The highest BCUT2D eigenvalue weighted by atomic mass is 79.9. The highest BCUT2D eigenvalue weighted by Gasteiger charge is 2.24. The maximum absolute atomic E-state index is 12.4. The van der Waals surface area contributed by atoms with Crippen LogP contribution in [0.3, 0.4) is 0 Å². The molecule has 24 heavy (non-hydrogen) atoms. The summed E-state index contributed by atoms with van der Waals surface area (Å²) >= 11 is 5.56. The number of rotatable bonds is 6. The van der Waals surface area contributed by atoms with E-state index in [0.29, 0.717) is 18.1 Å². The quantitative estimate of drug-likeness (QED) is 0.329. The molecule has 0 spiro atoms. The molecule has 1 aromatic rings. The smallest absolute Gasteiger partial charge is 0.346 e. The molecule has 0 radical (unpaired) electrons. The van der Waals surface area contributed by atoms with Crippen molar-refractivity contribution >= 4 is 39.2 Å². The number of hydrogen-bond donors (Lipinski definition) is 0. The van der Waals surface area contributed by atoms with E-state index in [1.165, 1.54) is 43.4 Å². The number of esters is 1. The molecule has 0 aromatic heterocycles. The summed E-state index contributed by atoms with van der Waals surface area (Å²) in [5.41, 5.74) is 4.66. The van der Waals surface area contributed by atoms with Gasteiger partial charge in [-0.3, -0.25) is 0 Å². The molecule has 2 nitrogen and oxygen atoms in total. The molecule has 1 aromatic carbocycles. The summed E-state index contributed by atoms with van der Waals surface area (Å²) in [5, 5.41) is 0.759. The number of carbonyl (C=O) groups excluding carboxylic acids is 1. The number of halogens is 1. The number of carbonyl (C=O) groups is 1. The average molecular weight is 407 g/mol. The van der Waals surface area contributed by atoms with Crippen LogP contribution in [0.4, 0.5) is 0 Å². The van der Waals surface area contributed by atoms with Crippen molar-refractivity contribution in [1.29, 1.82) is 0 Å². The molecule has 0 unspecified atom stereocenters. The minimum absolute atomic E-state index is 0.291. The van der Waals surface area contributed by atoms with Gasteiger partial charge in [0.05, 0.1) is 6.61 Å². The lowest BCUT2D eigenvalue weighted by Crippen LogP contribution is -2.06. The Hall–Kier alpha value is -0.960. The normalized spacial score (nSPS) is 17.4. The minimum atomic E-state index is -0.291. The number of hydrogen-bond acceptors (Lipinski definition) is 3. The van der Waals surface area contributed by atoms with Crippen LogP contribution in [0.25, 0.3) is 5.57 Å². The van der Waals surface area contributed by atoms with E-state index in [2.05, 4.69) is 33.8 Å². The van der Waals surface area contributed by atoms with Gasteiger partial charge in [-0.25, -0.2) is 4.79 Å². The first-order valence-electron chi connectivity index (χ1n) is 8.78. The summed E-state index contributed by atoms with van der Waals surface area (Å²) in [6.07, 6.45) is 9.62. The number of ether oxygens (including phenoxy) is 1. The Morgan fingerprint density at radius 3 is 2.71 bits per heavy atom. The molecule has 3 rings (SSSR count). The van der Waals surface area contributed by atoms with Gasteiger partial charge in [0.2, 0.25) is 0 Å². The summed E-state index contributed by atoms with van der Waals surface area (Å²) in [6.45, 7) is 2.21. The fourth-order valence-corrected chi connectivity index (χ4v) is 4.61. The zero-order chi connectivity index (χ0) is 16.9.